The van der Waals surface area contributed by atoms with Crippen molar-refractivity contribution in [3.05, 3.63) is 52.8 Å². The molecule has 0 saturated heterocycles. The van der Waals surface area contributed by atoms with E-state index >= 15 is 0 Å². The fourth-order valence-electron chi connectivity index (χ4n) is 1.52. The first-order chi connectivity index (χ1) is 9.27. The van der Waals surface area contributed by atoms with Gasteiger partial charge in [-0.15, -0.1) is 0 Å². The second-order valence-corrected chi connectivity index (χ2v) is 7.02. The van der Waals surface area contributed by atoms with Gasteiger partial charge in [-0.2, -0.15) is 0 Å². The maximum absolute atomic E-state index is 13.1. The van der Waals surface area contributed by atoms with E-state index in [1.165, 1.54) is 36.4 Å². The second-order valence-electron chi connectivity index (χ2n) is 4.04. The molecule has 0 unspecified atom stereocenters. The van der Waals surface area contributed by atoms with E-state index in [1.54, 1.807) is 6.92 Å². The summed E-state index contributed by atoms with van der Waals surface area (Å²) in [6, 6.07) is 8.09. The zero-order valence-corrected chi connectivity index (χ0v) is 12.6. The molecule has 0 radical (unpaired) electrons. The van der Waals surface area contributed by atoms with Gasteiger partial charge in [-0.05, 0) is 48.9 Å². The summed E-state index contributed by atoms with van der Waals surface area (Å²) in [4.78, 5) is -0.119. The van der Waals surface area contributed by atoms with E-state index in [2.05, 4.69) is 0 Å². The van der Waals surface area contributed by atoms with Crippen LogP contribution in [0.4, 0.5) is 4.39 Å². The van der Waals surface area contributed by atoms with Gasteiger partial charge < -0.3 is 4.74 Å². The Labute approximate surface area is 125 Å². The Bertz CT molecular complexity index is 760. The first kappa shape index (κ1) is 15.1. The van der Waals surface area contributed by atoms with Crippen molar-refractivity contribution in [2.75, 3.05) is 0 Å². The first-order valence-electron chi connectivity index (χ1n) is 5.45. The van der Waals surface area contributed by atoms with Gasteiger partial charge in [0.25, 0.3) is 9.05 Å². The van der Waals surface area contributed by atoms with Crippen molar-refractivity contribution in [3.63, 3.8) is 0 Å². The Balaban J connectivity index is 2.32. The Kier molecular flexibility index (Phi) is 4.22. The van der Waals surface area contributed by atoms with E-state index in [9.17, 15) is 12.8 Å². The molecule has 0 heterocycles. The molecule has 0 aliphatic heterocycles. The number of rotatable bonds is 3. The van der Waals surface area contributed by atoms with Crippen LogP contribution in [0.15, 0.2) is 41.3 Å². The highest BCUT2D eigenvalue weighted by Gasteiger charge is 2.13. The number of aryl methyl sites for hydroxylation is 1. The summed E-state index contributed by atoms with van der Waals surface area (Å²) >= 11 is 5.93. The van der Waals surface area contributed by atoms with Crippen molar-refractivity contribution < 1.29 is 17.5 Å². The molecule has 7 heteroatoms. The minimum absolute atomic E-state index is 0.0914. The molecule has 0 bridgehead atoms. The zero-order valence-electron chi connectivity index (χ0n) is 10.2. The number of ether oxygens (including phenoxy) is 1. The lowest BCUT2D eigenvalue weighted by molar-refractivity contribution is 0.479. The van der Waals surface area contributed by atoms with Crippen LogP contribution < -0.4 is 4.74 Å². The van der Waals surface area contributed by atoms with E-state index in [0.717, 1.165) is 0 Å². The molecule has 0 atom stereocenters. The molecule has 2 aromatic rings. The molecule has 0 amide bonds. The van der Waals surface area contributed by atoms with Gasteiger partial charge in [-0.3, -0.25) is 0 Å². The molecule has 0 N–H and O–H groups in total. The summed E-state index contributed by atoms with van der Waals surface area (Å²) in [6.07, 6.45) is 0. The van der Waals surface area contributed by atoms with Gasteiger partial charge in [-0.1, -0.05) is 11.6 Å². The predicted octanol–water partition coefficient (Wildman–Crippen LogP) is 4.51. The van der Waals surface area contributed by atoms with Crippen LogP contribution in [0, 0.1) is 12.7 Å². The highest BCUT2D eigenvalue weighted by Crippen LogP contribution is 2.32. The summed E-state index contributed by atoms with van der Waals surface area (Å²) in [5.41, 5.74) is 0.429. The topological polar surface area (TPSA) is 43.4 Å². The molecule has 3 nitrogen and oxygen atoms in total. The number of benzene rings is 2. The third-order valence-electron chi connectivity index (χ3n) is 2.54. The molecule has 0 aliphatic rings. The minimum atomic E-state index is -3.84. The standard InChI is InChI=1S/C13H9Cl2FO3S/c1-8-6-9(2-4-12(8)16)19-13-5-3-10(7-11(13)14)20(15,17)18/h2-7H,1H3. The van der Waals surface area contributed by atoms with Crippen LogP contribution in [0.5, 0.6) is 11.5 Å². The van der Waals surface area contributed by atoms with Crippen LogP contribution in [-0.2, 0) is 9.05 Å². The van der Waals surface area contributed by atoms with E-state index in [1.807, 2.05) is 0 Å². The van der Waals surface area contributed by atoms with E-state index < -0.39 is 9.05 Å². The summed E-state index contributed by atoms with van der Waals surface area (Å²) in [7, 11) is 1.37. The Morgan fingerprint density at radius 2 is 1.85 bits per heavy atom. The summed E-state index contributed by atoms with van der Waals surface area (Å²) < 4.78 is 40.9. The molecular weight excluding hydrogens is 326 g/mol. The third kappa shape index (κ3) is 3.42. The molecule has 20 heavy (non-hydrogen) atoms. The summed E-state index contributed by atoms with van der Waals surface area (Å²) in [5.74, 6) is 0.307. The van der Waals surface area contributed by atoms with Gasteiger partial charge in [0, 0.05) is 10.7 Å². The smallest absolute Gasteiger partial charge is 0.261 e. The predicted molar refractivity (Wildman–Crippen MR) is 75.7 cm³/mol. The van der Waals surface area contributed by atoms with Crippen LogP contribution >= 0.6 is 22.3 Å². The second kappa shape index (κ2) is 5.60. The Morgan fingerprint density at radius 3 is 2.40 bits per heavy atom. The van der Waals surface area contributed by atoms with Crippen LogP contribution in [0.2, 0.25) is 5.02 Å². The van der Waals surface area contributed by atoms with Crippen LogP contribution in [0.25, 0.3) is 0 Å². The highest BCUT2D eigenvalue weighted by atomic mass is 35.7. The van der Waals surface area contributed by atoms with Crippen molar-refractivity contribution in [1.29, 1.82) is 0 Å². The fraction of sp³-hybridized carbons (Fsp3) is 0.0769. The lowest BCUT2D eigenvalue weighted by Gasteiger charge is -2.09. The van der Waals surface area contributed by atoms with Crippen LogP contribution in [0.1, 0.15) is 5.56 Å². The average Bonchev–Trinajstić information content (AvgIpc) is 2.35. The van der Waals surface area contributed by atoms with Crippen molar-refractivity contribution >= 4 is 31.3 Å². The monoisotopic (exact) mass is 334 g/mol. The number of hydrogen-bond donors (Lipinski definition) is 0. The van der Waals surface area contributed by atoms with Crippen molar-refractivity contribution in [3.8, 4) is 11.5 Å². The van der Waals surface area contributed by atoms with Gasteiger partial charge in [0.1, 0.15) is 17.3 Å². The van der Waals surface area contributed by atoms with Crippen molar-refractivity contribution in [2.24, 2.45) is 0 Å². The van der Waals surface area contributed by atoms with Gasteiger partial charge >= 0.3 is 0 Å². The van der Waals surface area contributed by atoms with Crippen molar-refractivity contribution in [1.82, 2.24) is 0 Å². The third-order valence-corrected chi connectivity index (χ3v) is 4.19. The highest BCUT2D eigenvalue weighted by molar-refractivity contribution is 8.13. The van der Waals surface area contributed by atoms with Gasteiger partial charge in [-0.25, -0.2) is 12.8 Å². The normalized spacial score (nSPS) is 11.4. The van der Waals surface area contributed by atoms with Crippen molar-refractivity contribution in [2.45, 2.75) is 11.8 Å². The lowest BCUT2D eigenvalue weighted by Crippen LogP contribution is -1.92. The zero-order chi connectivity index (χ0) is 14.9. The molecule has 0 spiro atoms. The molecule has 0 saturated carbocycles. The molecular formula is C13H9Cl2FO3S. The quantitative estimate of drug-likeness (QED) is 0.775. The SMILES string of the molecule is Cc1cc(Oc2ccc(S(=O)(=O)Cl)cc2Cl)ccc1F. The molecule has 2 rings (SSSR count). The molecule has 0 aliphatic carbocycles. The average molecular weight is 335 g/mol. The molecule has 0 aromatic heterocycles. The van der Waals surface area contributed by atoms with E-state index in [-0.39, 0.29) is 21.5 Å². The lowest BCUT2D eigenvalue weighted by atomic mass is 10.2. The fourth-order valence-corrected chi connectivity index (χ4v) is 2.58. The maximum atomic E-state index is 13.1. The van der Waals surface area contributed by atoms with Crippen LogP contribution in [0.3, 0.4) is 0 Å². The van der Waals surface area contributed by atoms with E-state index in [0.29, 0.717) is 11.3 Å². The molecule has 106 valence electrons. The largest absolute Gasteiger partial charge is 0.456 e. The summed E-state index contributed by atoms with van der Waals surface area (Å²) in [6.45, 7) is 1.60. The summed E-state index contributed by atoms with van der Waals surface area (Å²) in [5, 5.41) is 0.0914. The minimum Gasteiger partial charge on any atom is -0.456 e. The van der Waals surface area contributed by atoms with Gasteiger partial charge in [0.05, 0.1) is 9.92 Å². The Hall–Kier alpha value is -1.30. The number of halogens is 3. The number of hydrogen-bond acceptors (Lipinski definition) is 3. The van der Waals surface area contributed by atoms with Gasteiger partial charge in [0.2, 0.25) is 0 Å². The molecule has 0 fully saturated rings. The first-order valence-corrected chi connectivity index (χ1v) is 8.14. The van der Waals surface area contributed by atoms with E-state index in [4.69, 9.17) is 27.0 Å². The maximum Gasteiger partial charge on any atom is 0.261 e. The molecule has 2 aromatic carbocycles. The van der Waals surface area contributed by atoms with Gasteiger partial charge in [0.15, 0.2) is 0 Å². The Morgan fingerprint density at radius 1 is 1.15 bits per heavy atom. The van der Waals surface area contributed by atoms with Crippen LogP contribution in [-0.4, -0.2) is 8.42 Å².